The van der Waals surface area contributed by atoms with Crippen LogP contribution in [0, 0.1) is 5.82 Å². The average Bonchev–Trinajstić information content (AvgIpc) is 2.28. The molecule has 90 valence electrons. The molecule has 0 aliphatic rings. The maximum absolute atomic E-state index is 12.9. The lowest BCUT2D eigenvalue weighted by Crippen LogP contribution is -2.29. The second-order valence-corrected chi connectivity index (χ2v) is 4.54. The van der Waals surface area contributed by atoms with Crippen LogP contribution in [0.25, 0.3) is 0 Å². The number of hydrogen-bond acceptors (Lipinski definition) is 2. The van der Waals surface area contributed by atoms with Gasteiger partial charge in [-0.2, -0.15) is 0 Å². The highest BCUT2D eigenvalue weighted by molar-refractivity contribution is 9.10. The summed E-state index contributed by atoms with van der Waals surface area (Å²) in [5.41, 5.74) is 0. The van der Waals surface area contributed by atoms with Gasteiger partial charge in [-0.25, -0.2) is 4.39 Å². The van der Waals surface area contributed by atoms with Gasteiger partial charge in [0.1, 0.15) is 18.2 Å². The Kier molecular flexibility index (Phi) is 5.77. The molecule has 0 spiro atoms. The van der Waals surface area contributed by atoms with Crippen molar-refractivity contribution in [2.45, 2.75) is 26.3 Å². The number of benzene rings is 1. The standard InChI is InChI=1S/C12H17BrFNO/c1-3-9(2)15-6-7-16-12-8-10(14)4-5-11(12)13/h4-5,8-9,15H,3,6-7H2,1-2H3. The Balaban J connectivity index is 2.34. The molecule has 1 rings (SSSR count). The first-order valence-corrected chi connectivity index (χ1v) is 6.24. The Bertz CT molecular complexity index is 333. The van der Waals surface area contributed by atoms with Crippen molar-refractivity contribution in [3.05, 3.63) is 28.5 Å². The quantitative estimate of drug-likeness (QED) is 0.811. The Morgan fingerprint density at radius 3 is 2.94 bits per heavy atom. The minimum Gasteiger partial charge on any atom is -0.491 e. The van der Waals surface area contributed by atoms with E-state index in [1.54, 1.807) is 6.07 Å². The lowest BCUT2D eigenvalue weighted by Gasteiger charge is -2.12. The van der Waals surface area contributed by atoms with E-state index in [0.29, 0.717) is 18.4 Å². The van der Waals surface area contributed by atoms with Crippen LogP contribution in [0.15, 0.2) is 22.7 Å². The highest BCUT2D eigenvalue weighted by Gasteiger charge is 2.03. The Morgan fingerprint density at radius 2 is 2.25 bits per heavy atom. The molecule has 2 nitrogen and oxygen atoms in total. The van der Waals surface area contributed by atoms with Crippen LogP contribution >= 0.6 is 15.9 Å². The molecule has 1 aromatic rings. The third kappa shape index (κ3) is 4.49. The lowest BCUT2D eigenvalue weighted by atomic mass is 10.3. The zero-order valence-corrected chi connectivity index (χ0v) is 11.2. The molecule has 0 aliphatic heterocycles. The second-order valence-electron chi connectivity index (χ2n) is 3.69. The van der Waals surface area contributed by atoms with Crippen molar-refractivity contribution in [2.24, 2.45) is 0 Å². The third-order valence-corrected chi connectivity index (χ3v) is 3.01. The Labute approximate surface area is 104 Å². The highest BCUT2D eigenvalue weighted by Crippen LogP contribution is 2.25. The van der Waals surface area contributed by atoms with Gasteiger partial charge in [-0.1, -0.05) is 6.92 Å². The van der Waals surface area contributed by atoms with Gasteiger partial charge in [0.05, 0.1) is 4.47 Å². The molecule has 0 aliphatic carbocycles. The molecule has 0 aromatic heterocycles. The number of nitrogens with one attached hydrogen (secondary N) is 1. The molecule has 16 heavy (non-hydrogen) atoms. The molecule has 1 unspecified atom stereocenters. The fourth-order valence-electron chi connectivity index (χ4n) is 1.20. The third-order valence-electron chi connectivity index (χ3n) is 2.36. The van der Waals surface area contributed by atoms with Crippen molar-refractivity contribution in [2.75, 3.05) is 13.2 Å². The summed E-state index contributed by atoms with van der Waals surface area (Å²) in [6.45, 7) is 5.55. The summed E-state index contributed by atoms with van der Waals surface area (Å²) < 4.78 is 19.2. The van der Waals surface area contributed by atoms with Crippen LogP contribution in [0.2, 0.25) is 0 Å². The van der Waals surface area contributed by atoms with E-state index in [4.69, 9.17) is 4.74 Å². The number of halogens is 2. The van der Waals surface area contributed by atoms with E-state index < -0.39 is 0 Å². The SMILES string of the molecule is CCC(C)NCCOc1cc(F)ccc1Br. The molecule has 1 aromatic carbocycles. The van der Waals surface area contributed by atoms with E-state index in [-0.39, 0.29) is 5.82 Å². The summed E-state index contributed by atoms with van der Waals surface area (Å²) in [4.78, 5) is 0. The molecule has 0 saturated carbocycles. The first-order chi connectivity index (χ1) is 7.63. The van der Waals surface area contributed by atoms with Crippen LogP contribution in [-0.2, 0) is 0 Å². The van der Waals surface area contributed by atoms with Gasteiger partial charge in [0, 0.05) is 18.7 Å². The van der Waals surface area contributed by atoms with Crippen molar-refractivity contribution in [1.82, 2.24) is 5.32 Å². The predicted molar refractivity (Wildman–Crippen MR) is 67.4 cm³/mol. The lowest BCUT2D eigenvalue weighted by molar-refractivity contribution is 0.303. The number of ether oxygens (including phenoxy) is 1. The molecule has 0 amide bonds. The van der Waals surface area contributed by atoms with E-state index >= 15 is 0 Å². The van der Waals surface area contributed by atoms with E-state index in [9.17, 15) is 4.39 Å². The van der Waals surface area contributed by atoms with Gasteiger partial charge in [0.25, 0.3) is 0 Å². The molecule has 4 heteroatoms. The molecular formula is C12H17BrFNO. The van der Waals surface area contributed by atoms with Gasteiger partial charge < -0.3 is 10.1 Å². The van der Waals surface area contributed by atoms with Crippen LogP contribution in [0.3, 0.4) is 0 Å². The monoisotopic (exact) mass is 289 g/mol. The molecule has 0 bridgehead atoms. The summed E-state index contributed by atoms with van der Waals surface area (Å²) >= 11 is 3.31. The molecule has 1 N–H and O–H groups in total. The van der Waals surface area contributed by atoms with Crippen LogP contribution in [0.5, 0.6) is 5.75 Å². The van der Waals surface area contributed by atoms with Gasteiger partial charge >= 0.3 is 0 Å². The van der Waals surface area contributed by atoms with Gasteiger partial charge in [-0.3, -0.25) is 0 Å². The van der Waals surface area contributed by atoms with Crippen molar-refractivity contribution in [1.29, 1.82) is 0 Å². The van der Waals surface area contributed by atoms with Crippen molar-refractivity contribution >= 4 is 15.9 Å². The molecule has 0 radical (unpaired) electrons. The van der Waals surface area contributed by atoms with Crippen LogP contribution in [-0.4, -0.2) is 19.2 Å². The van der Waals surface area contributed by atoms with Crippen molar-refractivity contribution < 1.29 is 9.13 Å². The fraction of sp³-hybridized carbons (Fsp3) is 0.500. The average molecular weight is 290 g/mol. The molecule has 1 atom stereocenters. The second kappa shape index (κ2) is 6.86. The Morgan fingerprint density at radius 1 is 1.50 bits per heavy atom. The van der Waals surface area contributed by atoms with Gasteiger partial charge in [-0.05, 0) is 41.4 Å². The Hall–Kier alpha value is -0.610. The molecule has 0 heterocycles. The first-order valence-electron chi connectivity index (χ1n) is 5.44. The fourth-order valence-corrected chi connectivity index (χ4v) is 1.56. The number of rotatable bonds is 6. The minimum atomic E-state index is -0.284. The normalized spacial score (nSPS) is 12.5. The van der Waals surface area contributed by atoms with Crippen LogP contribution < -0.4 is 10.1 Å². The summed E-state index contributed by atoms with van der Waals surface area (Å²) in [5, 5.41) is 3.30. The molecule has 0 saturated heterocycles. The van der Waals surface area contributed by atoms with Gasteiger partial charge in [0.15, 0.2) is 0 Å². The molecule has 0 fully saturated rings. The zero-order chi connectivity index (χ0) is 12.0. The largest absolute Gasteiger partial charge is 0.491 e. The summed E-state index contributed by atoms with van der Waals surface area (Å²) in [5.74, 6) is 0.263. The predicted octanol–water partition coefficient (Wildman–Crippen LogP) is 3.36. The maximum Gasteiger partial charge on any atom is 0.136 e. The zero-order valence-electron chi connectivity index (χ0n) is 9.59. The van der Waals surface area contributed by atoms with E-state index in [0.717, 1.165) is 17.4 Å². The van der Waals surface area contributed by atoms with Crippen LogP contribution in [0.4, 0.5) is 4.39 Å². The van der Waals surface area contributed by atoms with Gasteiger partial charge in [0.2, 0.25) is 0 Å². The van der Waals surface area contributed by atoms with Crippen molar-refractivity contribution in [3.63, 3.8) is 0 Å². The van der Waals surface area contributed by atoms with Crippen LogP contribution in [0.1, 0.15) is 20.3 Å². The topological polar surface area (TPSA) is 21.3 Å². The van der Waals surface area contributed by atoms with E-state index in [2.05, 4.69) is 35.1 Å². The summed E-state index contributed by atoms with van der Waals surface area (Å²) in [7, 11) is 0. The number of hydrogen-bond donors (Lipinski definition) is 1. The smallest absolute Gasteiger partial charge is 0.136 e. The van der Waals surface area contributed by atoms with E-state index in [1.807, 2.05) is 0 Å². The van der Waals surface area contributed by atoms with Crippen molar-refractivity contribution in [3.8, 4) is 5.75 Å². The van der Waals surface area contributed by atoms with Gasteiger partial charge in [-0.15, -0.1) is 0 Å². The summed E-state index contributed by atoms with van der Waals surface area (Å²) in [6, 6.07) is 4.91. The minimum absolute atomic E-state index is 0.284. The molecular weight excluding hydrogens is 273 g/mol. The maximum atomic E-state index is 12.9. The first kappa shape index (κ1) is 13.5. The summed E-state index contributed by atoms with van der Waals surface area (Å²) in [6.07, 6.45) is 1.09. The highest BCUT2D eigenvalue weighted by atomic mass is 79.9. The van der Waals surface area contributed by atoms with E-state index in [1.165, 1.54) is 12.1 Å².